The highest BCUT2D eigenvalue weighted by Gasteiger charge is 2.31. The van der Waals surface area contributed by atoms with Gasteiger partial charge in [-0.2, -0.15) is 0 Å². The number of pyridine rings is 1. The van der Waals surface area contributed by atoms with Crippen LogP contribution in [0.2, 0.25) is 0 Å². The topological polar surface area (TPSA) is 78.0 Å². The predicted octanol–water partition coefficient (Wildman–Crippen LogP) is 3.56. The zero-order chi connectivity index (χ0) is 17.2. The Labute approximate surface area is 145 Å². The van der Waals surface area contributed by atoms with Crippen LogP contribution in [-0.2, 0) is 6.42 Å². The molecule has 0 fully saturated rings. The first kappa shape index (κ1) is 15.6. The molecule has 3 N–H and O–H groups in total. The number of aromatic amines is 1. The minimum absolute atomic E-state index is 0.0199. The van der Waals surface area contributed by atoms with Crippen LogP contribution in [0.3, 0.4) is 0 Å². The number of rotatable bonds is 4. The van der Waals surface area contributed by atoms with Gasteiger partial charge in [-0.3, -0.25) is 9.78 Å². The molecule has 1 unspecified atom stereocenters. The Kier molecular flexibility index (Phi) is 4.07. The van der Waals surface area contributed by atoms with E-state index in [0.29, 0.717) is 18.4 Å². The van der Waals surface area contributed by atoms with E-state index in [1.165, 1.54) is 0 Å². The molecule has 0 bridgehead atoms. The number of hydrogen-bond acceptors (Lipinski definition) is 4. The second-order valence-corrected chi connectivity index (χ2v) is 6.34. The summed E-state index contributed by atoms with van der Waals surface area (Å²) >= 11 is 0. The molecule has 126 valence electrons. The van der Waals surface area contributed by atoms with E-state index in [-0.39, 0.29) is 18.3 Å². The van der Waals surface area contributed by atoms with Crippen molar-refractivity contribution in [3.8, 4) is 11.3 Å². The Morgan fingerprint density at radius 3 is 2.60 bits per heavy atom. The molecule has 0 spiro atoms. The summed E-state index contributed by atoms with van der Waals surface area (Å²) in [5.74, 6) is 0.0452. The number of nitrogens with one attached hydrogen (secondary N) is 2. The maximum absolute atomic E-state index is 12.7. The third-order valence-corrected chi connectivity index (χ3v) is 4.59. The van der Waals surface area contributed by atoms with Crippen molar-refractivity contribution in [2.45, 2.75) is 12.8 Å². The summed E-state index contributed by atoms with van der Waals surface area (Å²) in [5, 5.41) is 12.9. The van der Waals surface area contributed by atoms with Crippen molar-refractivity contribution < 1.29 is 9.90 Å². The number of H-pyrrole nitrogens is 1. The molecule has 0 amide bonds. The van der Waals surface area contributed by atoms with Crippen LogP contribution in [0.5, 0.6) is 0 Å². The third-order valence-electron chi connectivity index (χ3n) is 4.59. The van der Waals surface area contributed by atoms with Crippen molar-refractivity contribution in [3.05, 3.63) is 66.1 Å². The largest absolute Gasteiger partial charge is 0.396 e. The summed E-state index contributed by atoms with van der Waals surface area (Å²) in [5.41, 5.74) is 5.17. The number of aliphatic hydroxyl groups is 1. The fourth-order valence-corrected chi connectivity index (χ4v) is 3.39. The number of Topliss-reactive ketones (excluding diaryl/α,β-unsaturated/α-hetero) is 1. The number of carbonyl (C=O) groups excluding carboxylic acids is 1. The highest BCUT2D eigenvalue weighted by molar-refractivity contribution is 6.07. The van der Waals surface area contributed by atoms with Gasteiger partial charge in [-0.25, -0.2) is 0 Å². The van der Waals surface area contributed by atoms with E-state index in [1.807, 2.05) is 42.5 Å². The number of para-hydroxylation sites is 1. The van der Waals surface area contributed by atoms with Crippen molar-refractivity contribution in [2.24, 2.45) is 5.92 Å². The van der Waals surface area contributed by atoms with Crippen molar-refractivity contribution in [1.29, 1.82) is 0 Å². The number of ketones is 1. The smallest absolute Gasteiger partial charge is 0.167 e. The first-order chi connectivity index (χ1) is 12.3. The first-order valence-electron chi connectivity index (χ1n) is 8.37. The predicted molar refractivity (Wildman–Crippen MR) is 97.0 cm³/mol. The van der Waals surface area contributed by atoms with Gasteiger partial charge in [-0.1, -0.05) is 18.2 Å². The fourth-order valence-electron chi connectivity index (χ4n) is 3.39. The number of anilines is 2. The molecular weight excluding hydrogens is 314 g/mol. The Bertz CT molecular complexity index is 888. The van der Waals surface area contributed by atoms with Crippen molar-refractivity contribution in [2.75, 3.05) is 11.9 Å². The fraction of sp³-hybridized carbons (Fsp3) is 0.200. The zero-order valence-electron chi connectivity index (χ0n) is 13.7. The molecule has 1 atom stereocenters. The van der Waals surface area contributed by atoms with Gasteiger partial charge in [0.2, 0.25) is 0 Å². The van der Waals surface area contributed by atoms with Gasteiger partial charge < -0.3 is 15.4 Å². The van der Waals surface area contributed by atoms with Crippen LogP contribution in [0.1, 0.15) is 22.5 Å². The molecule has 0 aliphatic heterocycles. The average Bonchev–Trinajstić information content (AvgIpc) is 3.02. The van der Waals surface area contributed by atoms with Gasteiger partial charge in [0.15, 0.2) is 5.78 Å². The summed E-state index contributed by atoms with van der Waals surface area (Å²) in [4.78, 5) is 20.2. The van der Waals surface area contributed by atoms with Gasteiger partial charge in [0.1, 0.15) is 0 Å². The van der Waals surface area contributed by atoms with Crippen LogP contribution in [0.15, 0.2) is 54.9 Å². The van der Waals surface area contributed by atoms with Gasteiger partial charge >= 0.3 is 0 Å². The molecule has 1 aromatic carbocycles. The third kappa shape index (κ3) is 2.94. The van der Waals surface area contributed by atoms with E-state index in [4.69, 9.17) is 0 Å². The van der Waals surface area contributed by atoms with E-state index in [9.17, 15) is 9.90 Å². The highest BCUT2D eigenvalue weighted by atomic mass is 16.3. The van der Waals surface area contributed by atoms with Crippen LogP contribution in [-0.4, -0.2) is 27.5 Å². The number of hydrogen-bond donors (Lipinski definition) is 3. The molecule has 0 radical (unpaired) electrons. The minimum atomic E-state index is -0.0199. The summed E-state index contributed by atoms with van der Waals surface area (Å²) in [6.07, 6.45) is 4.52. The lowest BCUT2D eigenvalue weighted by molar-refractivity contribution is 0.0919. The summed E-state index contributed by atoms with van der Waals surface area (Å²) in [6, 6.07) is 13.6. The Morgan fingerprint density at radius 2 is 1.88 bits per heavy atom. The van der Waals surface area contributed by atoms with Crippen molar-refractivity contribution in [1.82, 2.24) is 9.97 Å². The van der Waals surface area contributed by atoms with Crippen LogP contribution in [0.4, 0.5) is 11.4 Å². The summed E-state index contributed by atoms with van der Waals surface area (Å²) in [7, 11) is 0. The van der Waals surface area contributed by atoms with Crippen molar-refractivity contribution in [3.63, 3.8) is 0 Å². The van der Waals surface area contributed by atoms with Gasteiger partial charge in [0.25, 0.3) is 0 Å². The molecule has 5 nitrogen and oxygen atoms in total. The summed E-state index contributed by atoms with van der Waals surface area (Å²) in [6.45, 7) is 0.0240. The Morgan fingerprint density at radius 1 is 1.12 bits per heavy atom. The lowest BCUT2D eigenvalue weighted by Gasteiger charge is -2.20. The van der Waals surface area contributed by atoms with E-state index >= 15 is 0 Å². The number of fused-ring (bicyclic) bond motifs is 1. The number of nitrogens with zero attached hydrogens (tertiary/aromatic N) is 1. The second kappa shape index (κ2) is 6.53. The van der Waals surface area contributed by atoms with Crippen LogP contribution in [0.25, 0.3) is 11.3 Å². The second-order valence-electron chi connectivity index (χ2n) is 6.34. The standard InChI is InChI=1S/C20H19N3O2/c24-12-13-10-16-18(17(25)11-13)20(22-15-4-2-1-3-5-15)19(23-16)14-6-8-21-9-7-14/h1-9,13,22-24H,10-12H2. The maximum atomic E-state index is 12.7. The van der Waals surface area contributed by atoms with Crippen LogP contribution < -0.4 is 5.32 Å². The van der Waals surface area contributed by atoms with Gasteiger partial charge in [-0.15, -0.1) is 0 Å². The monoisotopic (exact) mass is 333 g/mol. The lowest BCUT2D eigenvalue weighted by atomic mass is 9.86. The first-order valence-corrected chi connectivity index (χ1v) is 8.37. The molecule has 1 aliphatic carbocycles. The van der Waals surface area contributed by atoms with E-state index in [2.05, 4.69) is 15.3 Å². The molecule has 1 aliphatic rings. The normalized spacial score (nSPS) is 16.5. The molecule has 2 heterocycles. The molecular formula is C20H19N3O2. The number of aromatic nitrogens is 2. The summed E-state index contributed by atoms with van der Waals surface area (Å²) < 4.78 is 0. The van der Waals surface area contributed by atoms with Gasteiger partial charge in [-0.05, 0) is 36.6 Å². The molecule has 0 saturated carbocycles. The SMILES string of the molecule is O=C1CC(CO)Cc2[nH]c(-c3ccncc3)c(Nc3ccccc3)c21. The van der Waals surface area contributed by atoms with E-state index in [0.717, 1.165) is 28.3 Å². The Hall–Kier alpha value is -2.92. The number of carbonyl (C=O) groups is 1. The lowest BCUT2D eigenvalue weighted by Crippen LogP contribution is -2.22. The maximum Gasteiger partial charge on any atom is 0.167 e. The van der Waals surface area contributed by atoms with Crippen molar-refractivity contribution >= 4 is 17.2 Å². The van der Waals surface area contributed by atoms with Crippen LogP contribution >= 0.6 is 0 Å². The molecule has 3 aromatic rings. The van der Waals surface area contributed by atoms with E-state index < -0.39 is 0 Å². The van der Waals surface area contributed by atoms with E-state index in [1.54, 1.807) is 12.4 Å². The molecule has 2 aromatic heterocycles. The molecule has 25 heavy (non-hydrogen) atoms. The quantitative estimate of drug-likeness (QED) is 0.682. The number of aliphatic hydroxyl groups excluding tert-OH is 1. The highest BCUT2D eigenvalue weighted by Crippen LogP contribution is 2.39. The molecule has 4 rings (SSSR count). The molecule has 0 saturated heterocycles. The van der Waals surface area contributed by atoms with Gasteiger partial charge in [0.05, 0.1) is 16.9 Å². The average molecular weight is 333 g/mol. The number of benzene rings is 1. The van der Waals surface area contributed by atoms with Crippen LogP contribution in [0, 0.1) is 5.92 Å². The Balaban J connectivity index is 1.85. The minimum Gasteiger partial charge on any atom is -0.396 e. The zero-order valence-corrected chi connectivity index (χ0v) is 13.7. The molecule has 5 heteroatoms. The van der Waals surface area contributed by atoms with Gasteiger partial charge in [0, 0.05) is 42.4 Å².